The summed E-state index contributed by atoms with van der Waals surface area (Å²) in [5.74, 6) is -0.953. The lowest BCUT2D eigenvalue weighted by atomic mass is 10.1. The van der Waals surface area contributed by atoms with E-state index in [2.05, 4.69) is 0 Å². The highest BCUT2D eigenvalue weighted by Gasteiger charge is 2.27. The summed E-state index contributed by atoms with van der Waals surface area (Å²) < 4.78 is 27.7. The van der Waals surface area contributed by atoms with Crippen LogP contribution in [0.15, 0.2) is 47.4 Å². The van der Waals surface area contributed by atoms with E-state index in [0.717, 1.165) is 11.1 Å². The van der Waals surface area contributed by atoms with Gasteiger partial charge in [-0.25, -0.2) is 13.2 Å². The molecule has 0 spiro atoms. The van der Waals surface area contributed by atoms with Crippen LogP contribution in [0.4, 0.5) is 5.69 Å². The van der Waals surface area contributed by atoms with Crippen LogP contribution in [0.1, 0.15) is 35.3 Å². The molecule has 0 radical (unpaired) electrons. The molecule has 0 aliphatic carbocycles. The Bertz CT molecular complexity index is 871. The molecule has 6 heteroatoms. The first kappa shape index (κ1) is 19.0. The highest BCUT2D eigenvalue weighted by Crippen LogP contribution is 2.28. The van der Waals surface area contributed by atoms with Crippen LogP contribution in [0, 0.1) is 19.8 Å². The zero-order chi connectivity index (χ0) is 18.8. The Kier molecular flexibility index (Phi) is 5.52. The molecular weight excluding hydrogens is 338 g/mol. The number of carboxylic acids is 1. The van der Waals surface area contributed by atoms with Crippen LogP contribution in [-0.4, -0.2) is 26.0 Å². The number of hydrogen-bond donors (Lipinski definition) is 1. The van der Waals surface area contributed by atoms with Crippen LogP contribution in [-0.2, 0) is 10.0 Å². The highest BCUT2D eigenvalue weighted by molar-refractivity contribution is 7.92. The monoisotopic (exact) mass is 361 g/mol. The van der Waals surface area contributed by atoms with E-state index in [9.17, 15) is 13.2 Å². The summed E-state index contributed by atoms with van der Waals surface area (Å²) in [5.41, 5.74) is 2.64. The van der Waals surface area contributed by atoms with Crippen molar-refractivity contribution >= 4 is 21.7 Å². The number of anilines is 1. The third-order valence-corrected chi connectivity index (χ3v) is 5.64. The molecule has 25 heavy (non-hydrogen) atoms. The van der Waals surface area contributed by atoms with Crippen molar-refractivity contribution in [2.45, 2.75) is 32.6 Å². The smallest absolute Gasteiger partial charge is 0.335 e. The summed E-state index contributed by atoms with van der Waals surface area (Å²) in [6.07, 6.45) is 0. The Morgan fingerprint density at radius 3 is 2.16 bits per heavy atom. The number of hydrogen-bond acceptors (Lipinski definition) is 3. The van der Waals surface area contributed by atoms with Gasteiger partial charge in [0, 0.05) is 6.54 Å². The van der Waals surface area contributed by atoms with Crippen LogP contribution in [0.2, 0.25) is 0 Å². The molecule has 0 aromatic heterocycles. The first-order valence-corrected chi connectivity index (χ1v) is 9.50. The maximum atomic E-state index is 13.2. The summed E-state index contributed by atoms with van der Waals surface area (Å²) >= 11 is 0. The predicted molar refractivity (Wildman–Crippen MR) is 98.7 cm³/mol. The molecule has 134 valence electrons. The molecule has 0 saturated heterocycles. The number of rotatable bonds is 6. The largest absolute Gasteiger partial charge is 0.478 e. The van der Waals surface area contributed by atoms with Gasteiger partial charge in [-0.1, -0.05) is 31.5 Å². The van der Waals surface area contributed by atoms with Gasteiger partial charge in [-0.15, -0.1) is 0 Å². The zero-order valence-corrected chi connectivity index (χ0v) is 15.7. The fourth-order valence-corrected chi connectivity index (χ4v) is 4.33. The first-order chi connectivity index (χ1) is 11.6. The van der Waals surface area contributed by atoms with Crippen molar-refractivity contribution in [2.75, 3.05) is 10.8 Å². The number of sulfonamides is 1. The van der Waals surface area contributed by atoms with Crippen LogP contribution < -0.4 is 4.31 Å². The molecule has 2 aromatic carbocycles. The summed E-state index contributed by atoms with van der Waals surface area (Å²) in [6, 6.07) is 11.0. The molecule has 1 N–H and O–H groups in total. The predicted octanol–water partition coefficient (Wildman–Crippen LogP) is 3.85. The van der Waals surface area contributed by atoms with E-state index >= 15 is 0 Å². The van der Waals surface area contributed by atoms with Gasteiger partial charge in [0.1, 0.15) is 0 Å². The van der Waals surface area contributed by atoms with Crippen molar-refractivity contribution in [2.24, 2.45) is 5.92 Å². The van der Waals surface area contributed by atoms with Gasteiger partial charge in [-0.05, 0) is 55.7 Å². The van der Waals surface area contributed by atoms with Gasteiger partial charge in [0.15, 0.2) is 0 Å². The quantitative estimate of drug-likeness (QED) is 0.848. The molecule has 0 aliphatic heterocycles. The van der Waals surface area contributed by atoms with Gasteiger partial charge in [0.25, 0.3) is 10.0 Å². The Morgan fingerprint density at radius 2 is 1.68 bits per heavy atom. The molecule has 0 bridgehead atoms. The van der Waals surface area contributed by atoms with Crippen LogP contribution in [0.5, 0.6) is 0 Å². The molecule has 2 aromatic rings. The van der Waals surface area contributed by atoms with Gasteiger partial charge in [-0.2, -0.15) is 0 Å². The minimum absolute atomic E-state index is 0.0564. The second kappa shape index (κ2) is 7.27. The van der Waals surface area contributed by atoms with Crippen LogP contribution in [0.25, 0.3) is 0 Å². The summed E-state index contributed by atoms with van der Waals surface area (Å²) in [4.78, 5) is 11.1. The van der Waals surface area contributed by atoms with Gasteiger partial charge in [-0.3, -0.25) is 4.31 Å². The standard InChI is InChI=1S/C19H23NO4S/c1-13(2)12-20(18-10-5-14(3)11-15(18)4)25(23,24)17-8-6-16(7-9-17)19(21)22/h5-11,13H,12H2,1-4H3,(H,21,22). The van der Waals surface area contributed by atoms with Gasteiger partial charge in [0.05, 0.1) is 16.1 Å². The van der Waals surface area contributed by atoms with E-state index in [4.69, 9.17) is 5.11 Å². The average molecular weight is 361 g/mol. The third-order valence-electron chi connectivity index (χ3n) is 3.84. The Morgan fingerprint density at radius 1 is 1.08 bits per heavy atom. The molecule has 2 rings (SSSR count). The summed E-state index contributed by atoms with van der Waals surface area (Å²) in [7, 11) is -3.79. The number of carbonyl (C=O) groups is 1. The molecule has 0 atom stereocenters. The molecule has 0 aliphatic rings. The molecule has 5 nitrogen and oxygen atoms in total. The Labute approximate surface area is 149 Å². The minimum atomic E-state index is -3.79. The van der Waals surface area contributed by atoms with Crippen molar-refractivity contribution in [1.82, 2.24) is 0 Å². The highest BCUT2D eigenvalue weighted by atomic mass is 32.2. The second-order valence-electron chi connectivity index (χ2n) is 6.55. The molecule has 0 heterocycles. The molecule has 0 unspecified atom stereocenters. The van der Waals surface area contributed by atoms with E-state index in [-0.39, 0.29) is 16.4 Å². The summed E-state index contributed by atoms with van der Waals surface area (Å²) in [6.45, 7) is 8.10. The Balaban J connectivity index is 2.53. The maximum absolute atomic E-state index is 13.2. The van der Waals surface area contributed by atoms with Crippen molar-refractivity contribution < 1.29 is 18.3 Å². The molecule has 0 fully saturated rings. The lowest BCUT2D eigenvalue weighted by molar-refractivity contribution is 0.0696. The van der Waals surface area contributed by atoms with Crippen molar-refractivity contribution in [3.63, 3.8) is 0 Å². The topological polar surface area (TPSA) is 74.7 Å². The minimum Gasteiger partial charge on any atom is -0.478 e. The number of aromatic carboxylic acids is 1. The zero-order valence-electron chi connectivity index (χ0n) is 14.9. The van der Waals surface area contributed by atoms with Crippen LogP contribution in [0.3, 0.4) is 0 Å². The second-order valence-corrected chi connectivity index (χ2v) is 8.41. The fraction of sp³-hybridized carbons (Fsp3) is 0.316. The summed E-state index contributed by atoms with van der Waals surface area (Å²) in [5, 5.41) is 8.99. The van der Waals surface area contributed by atoms with Crippen molar-refractivity contribution in [3.05, 3.63) is 59.2 Å². The van der Waals surface area contributed by atoms with Gasteiger partial charge < -0.3 is 5.11 Å². The van der Waals surface area contributed by atoms with E-state index in [1.807, 2.05) is 45.9 Å². The first-order valence-electron chi connectivity index (χ1n) is 8.06. The van der Waals surface area contributed by atoms with E-state index in [1.54, 1.807) is 0 Å². The van der Waals surface area contributed by atoms with Crippen molar-refractivity contribution in [1.29, 1.82) is 0 Å². The number of benzene rings is 2. The maximum Gasteiger partial charge on any atom is 0.335 e. The third kappa shape index (κ3) is 4.20. The van der Waals surface area contributed by atoms with Gasteiger partial charge in [0.2, 0.25) is 0 Å². The van der Waals surface area contributed by atoms with E-state index in [1.165, 1.54) is 28.6 Å². The molecule has 0 amide bonds. The van der Waals surface area contributed by atoms with Gasteiger partial charge >= 0.3 is 5.97 Å². The molecule has 0 saturated carbocycles. The van der Waals surface area contributed by atoms with Crippen LogP contribution >= 0.6 is 0 Å². The normalized spacial score (nSPS) is 11.6. The number of aryl methyl sites for hydroxylation is 2. The molecular formula is C19H23NO4S. The number of nitrogens with zero attached hydrogens (tertiary/aromatic N) is 1. The van der Waals surface area contributed by atoms with Crippen molar-refractivity contribution in [3.8, 4) is 0 Å². The lowest BCUT2D eigenvalue weighted by Crippen LogP contribution is -2.34. The Hall–Kier alpha value is -2.34. The average Bonchev–Trinajstić information content (AvgIpc) is 2.53. The lowest BCUT2D eigenvalue weighted by Gasteiger charge is -2.28. The van der Waals surface area contributed by atoms with E-state index in [0.29, 0.717) is 12.2 Å². The SMILES string of the molecule is Cc1ccc(N(CC(C)C)S(=O)(=O)c2ccc(C(=O)O)cc2)c(C)c1. The van der Waals surface area contributed by atoms with E-state index < -0.39 is 16.0 Å². The fourth-order valence-electron chi connectivity index (χ4n) is 2.64. The number of carboxylic acid groups (broad SMARTS) is 1.